The zero-order valence-corrected chi connectivity index (χ0v) is 6.85. The van der Waals surface area contributed by atoms with Crippen molar-refractivity contribution < 1.29 is 9.84 Å². The number of hydrogen-bond donors (Lipinski definition) is 2. The van der Waals surface area contributed by atoms with Gasteiger partial charge in [-0.25, -0.2) is 0 Å². The Morgan fingerprint density at radius 2 is 2.27 bits per heavy atom. The molecule has 0 fully saturated rings. The predicted molar refractivity (Wildman–Crippen MR) is 43.0 cm³/mol. The molecule has 0 heterocycles. The Morgan fingerprint density at radius 1 is 1.55 bits per heavy atom. The molecule has 0 spiro atoms. The Morgan fingerprint density at radius 3 is 2.82 bits per heavy atom. The molecule has 0 saturated heterocycles. The summed E-state index contributed by atoms with van der Waals surface area (Å²) >= 11 is 0. The fourth-order valence-electron chi connectivity index (χ4n) is 1.12. The van der Waals surface area contributed by atoms with Crippen LogP contribution >= 0.6 is 0 Å². The van der Waals surface area contributed by atoms with Crippen LogP contribution in [-0.4, -0.2) is 19.3 Å². The fraction of sp³-hybridized carbons (Fsp3) is 0.500. The molecular weight excluding hydrogens is 142 g/mol. The number of allylic oxidation sites excluding steroid dienone is 3. The van der Waals surface area contributed by atoms with Crippen LogP contribution in [0.1, 0.15) is 12.8 Å². The average molecular weight is 155 g/mol. The van der Waals surface area contributed by atoms with Crippen LogP contribution in [0, 0.1) is 0 Å². The van der Waals surface area contributed by atoms with Crippen molar-refractivity contribution >= 4 is 0 Å². The van der Waals surface area contributed by atoms with E-state index in [4.69, 9.17) is 9.84 Å². The summed E-state index contributed by atoms with van der Waals surface area (Å²) in [4.78, 5) is 0. The van der Waals surface area contributed by atoms with Gasteiger partial charge in [-0.05, 0) is 0 Å². The van der Waals surface area contributed by atoms with Gasteiger partial charge in [-0.1, -0.05) is 0 Å². The third-order valence-corrected chi connectivity index (χ3v) is 1.74. The van der Waals surface area contributed by atoms with Crippen molar-refractivity contribution in [1.82, 2.24) is 5.32 Å². The predicted octanol–water partition coefficient (Wildman–Crippen LogP) is 1.30. The normalized spacial score (nSPS) is 17.8. The van der Waals surface area contributed by atoms with Crippen LogP contribution in [0.25, 0.3) is 0 Å². The molecule has 0 amide bonds. The number of nitrogens with one attached hydrogen (secondary N) is 1. The summed E-state index contributed by atoms with van der Waals surface area (Å²) in [6.07, 6.45) is 3.14. The highest BCUT2D eigenvalue weighted by atomic mass is 16.5. The summed E-state index contributed by atoms with van der Waals surface area (Å²) in [5, 5.41) is 12.1. The van der Waals surface area contributed by atoms with Crippen LogP contribution in [0.15, 0.2) is 23.3 Å². The van der Waals surface area contributed by atoms with E-state index in [0.717, 1.165) is 17.9 Å². The summed E-state index contributed by atoms with van der Waals surface area (Å²) in [5.74, 6) is 1.32. The summed E-state index contributed by atoms with van der Waals surface area (Å²) in [5.41, 5.74) is 0.872. The van der Waals surface area contributed by atoms with Gasteiger partial charge in [0, 0.05) is 26.0 Å². The molecule has 0 aromatic rings. The van der Waals surface area contributed by atoms with Gasteiger partial charge in [0.2, 0.25) is 0 Å². The van der Waals surface area contributed by atoms with E-state index in [-0.39, 0.29) is 0 Å². The van der Waals surface area contributed by atoms with Crippen LogP contribution in [-0.2, 0) is 4.74 Å². The van der Waals surface area contributed by atoms with Crippen LogP contribution < -0.4 is 5.32 Å². The van der Waals surface area contributed by atoms with E-state index in [1.54, 1.807) is 13.2 Å². The molecule has 0 radical (unpaired) electrons. The maximum absolute atomic E-state index is 9.16. The highest BCUT2D eigenvalue weighted by Crippen LogP contribution is 2.20. The van der Waals surface area contributed by atoms with Gasteiger partial charge in [0.05, 0.1) is 18.6 Å². The molecule has 0 aliphatic heterocycles. The van der Waals surface area contributed by atoms with Gasteiger partial charge in [-0.2, -0.15) is 0 Å². The minimum absolute atomic E-state index is 0.412. The second-order valence-electron chi connectivity index (χ2n) is 2.43. The number of aliphatic hydroxyl groups excluding tert-OH is 1. The van der Waals surface area contributed by atoms with E-state index in [2.05, 4.69) is 5.32 Å². The first kappa shape index (κ1) is 7.98. The lowest BCUT2D eigenvalue weighted by Crippen LogP contribution is -2.12. The van der Waals surface area contributed by atoms with Crippen molar-refractivity contribution in [2.24, 2.45) is 0 Å². The van der Waals surface area contributed by atoms with Gasteiger partial charge in [-0.3, -0.25) is 0 Å². The van der Waals surface area contributed by atoms with E-state index in [1.807, 2.05) is 7.05 Å². The Balaban J connectivity index is 2.83. The number of hydrogen-bond acceptors (Lipinski definition) is 3. The number of rotatable bonds is 2. The average Bonchev–Trinajstić information content (AvgIpc) is 2.04. The van der Waals surface area contributed by atoms with Crippen molar-refractivity contribution in [3.8, 4) is 0 Å². The molecule has 62 valence electrons. The first-order chi connectivity index (χ1) is 5.27. The van der Waals surface area contributed by atoms with Crippen molar-refractivity contribution in [2.45, 2.75) is 12.8 Å². The van der Waals surface area contributed by atoms with E-state index < -0.39 is 0 Å². The number of aliphatic hydroxyl groups is 1. The van der Waals surface area contributed by atoms with Gasteiger partial charge in [0.25, 0.3) is 0 Å². The molecule has 2 N–H and O–H groups in total. The molecule has 0 unspecified atom stereocenters. The van der Waals surface area contributed by atoms with Gasteiger partial charge >= 0.3 is 0 Å². The van der Waals surface area contributed by atoms with Crippen molar-refractivity contribution in [2.75, 3.05) is 14.2 Å². The minimum atomic E-state index is 0.412. The molecule has 1 aliphatic carbocycles. The topological polar surface area (TPSA) is 41.5 Å². The van der Waals surface area contributed by atoms with E-state index in [1.165, 1.54) is 0 Å². The largest absolute Gasteiger partial charge is 0.512 e. The summed E-state index contributed by atoms with van der Waals surface area (Å²) in [6, 6.07) is 0. The fourth-order valence-corrected chi connectivity index (χ4v) is 1.12. The van der Waals surface area contributed by atoms with Gasteiger partial charge < -0.3 is 15.2 Å². The Bertz CT molecular complexity index is 206. The third kappa shape index (κ3) is 1.67. The van der Waals surface area contributed by atoms with Crippen LogP contribution in [0.2, 0.25) is 0 Å². The first-order valence-electron chi connectivity index (χ1n) is 3.62. The Kier molecular flexibility index (Phi) is 2.41. The lowest BCUT2D eigenvalue weighted by atomic mass is 10.1. The smallest absolute Gasteiger partial charge is 0.119 e. The maximum Gasteiger partial charge on any atom is 0.119 e. The first-order valence-corrected chi connectivity index (χ1v) is 3.62. The Labute approximate surface area is 66.4 Å². The number of methoxy groups -OCH3 is 1. The molecule has 11 heavy (non-hydrogen) atoms. The number of likely N-dealkylation sites (N-methyl/N-ethyl adjacent to an activating group) is 1. The van der Waals surface area contributed by atoms with Gasteiger partial charge in [0.15, 0.2) is 0 Å². The zero-order chi connectivity index (χ0) is 8.27. The zero-order valence-electron chi connectivity index (χ0n) is 6.85. The Hall–Kier alpha value is -1.12. The van der Waals surface area contributed by atoms with E-state index in [9.17, 15) is 0 Å². The van der Waals surface area contributed by atoms with Crippen LogP contribution in [0.4, 0.5) is 0 Å². The molecule has 0 aromatic carbocycles. The van der Waals surface area contributed by atoms with Crippen LogP contribution in [0.5, 0.6) is 0 Å². The molecular formula is C8H13NO2. The standard InChI is InChI=1S/C8H13NO2/c1-9-7-5-6(10)3-4-8(7)11-2/h5,9-10H,3-4H2,1-2H3. The molecule has 0 atom stereocenters. The van der Waals surface area contributed by atoms with Crippen molar-refractivity contribution in [3.63, 3.8) is 0 Å². The lowest BCUT2D eigenvalue weighted by Gasteiger charge is -2.15. The van der Waals surface area contributed by atoms with Crippen LogP contribution in [0.3, 0.4) is 0 Å². The molecule has 0 saturated carbocycles. The highest BCUT2D eigenvalue weighted by molar-refractivity contribution is 5.26. The summed E-state index contributed by atoms with van der Waals surface area (Å²) in [6.45, 7) is 0. The van der Waals surface area contributed by atoms with E-state index >= 15 is 0 Å². The molecule has 1 rings (SSSR count). The van der Waals surface area contributed by atoms with Gasteiger partial charge in [-0.15, -0.1) is 0 Å². The highest BCUT2D eigenvalue weighted by Gasteiger charge is 2.11. The maximum atomic E-state index is 9.16. The summed E-state index contributed by atoms with van der Waals surface area (Å²) < 4.78 is 5.10. The number of ether oxygens (including phenoxy) is 1. The van der Waals surface area contributed by atoms with Crippen molar-refractivity contribution in [3.05, 3.63) is 23.3 Å². The lowest BCUT2D eigenvalue weighted by molar-refractivity contribution is 0.259. The van der Waals surface area contributed by atoms with E-state index in [0.29, 0.717) is 12.2 Å². The molecule has 1 aliphatic rings. The van der Waals surface area contributed by atoms with Crippen molar-refractivity contribution in [1.29, 1.82) is 0 Å². The quantitative estimate of drug-likeness (QED) is 0.631. The second-order valence-corrected chi connectivity index (χ2v) is 2.43. The monoisotopic (exact) mass is 155 g/mol. The molecule has 0 bridgehead atoms. The molecule has 3 heteroatoms. The molecule has 0 aromatic heterocycles. The van der Waals surface area contributed by atoms with Gasteiger partial charge in [0.1, 0.15) is 5.76 Å². The molecule has 3 nitrogen and oxygen atoms in total. The minimum Gasteiger partial charge on any atom is -0.512 e. The summed E-state index contributed by atoms with van der Waals surface area (Å²) in [7, 11) is 3.45. The third-order valence-electron chi connectivity index (χ3n) is 1.74. The second kappa shape index (κ2) is 3.32. The SMILES string of the molecule is CNC1=C(OC)CCC(O)=C1.